The van der Waals surface area contributed by atoms with Crippen LogP contribution in [0.25, 0.3) is 31.6 Å². The van der Waals surface area contributed by atoms with Crippen molar-refractivity contribution in [3.63, 3.8) is 0 Å². The minimum Gasteiger partial charge on any atom is -0.309 e. The molecule has 0 amide bonds. The van der Waals surface area contributed by atoms with Gasteiger partial charge in [-0.05, 0) is 49.9 Å². The Morgan fingerprint density at radius 1 is 1.03 bits per heavy atom. The zero-order valence-electron chi connectivity index (χ0n) is 18.9. The van der Waals surface area contributed by atoms with Gasteiger partial charge < -0.3 is 4.98 Å². The van der Waals surface area contributed by atoms with Gasteiger partial charge in [0.1, 0.15) is 15.5 Å². The number of nitrogens with one attached hydrogen (secondary N) is 1. The van der Waals surface area contributed by atoms with Gasteiger partial charge in [-0.1, -0.05) is 30.0 Å². The van der Waals surface area contributed by atoms with Crippen LogP contribution in [0.4, 0.5) is 0 Å². The van der Waals surface area contributed by atoms with Gasteiger partial charge in [-0.25, -0.2) is 9.97 Å². The second kappa shape index (κ2) is 8.23. The normalized spacial score (nSPS) is 11.7. The van der Waals surface area contributed by atoms with Crippen LogP contribution in [0.2, 0.25) is 0 Å². The van der Waals surface area contributed by atoms with Crippen LogP contribution in [0.3, 0.4) is 0 Å². The Morgan fingerprint density at radius 3 is 2.58 bits per heavy atom. The molecule has 9 heteroatoms. The lowest BCUT2D eigenvalue weighted by molar-refractivity contribution is 0.727. The summed E-state index contributed by atoms with van der Waals surface area (Å²) in [5.41, 5.74) is 5.15. The van der Waals surface area contributed by atoms with Crippen molar-refractivity contribution >= 4 is 54.9 Å². The maximum Gasteiger partial charge on any atom is 0.263 e. The van der Waals surface area contributed by atoms with Gasteiger partial charge in [0, 0.05) is 22.9 Å². The molecule has 5 aromatic rings. The first-order valence-corrected chi connectivity index (χ1v) is 13.1. The van der Waals surface area contributed by atoms with Crippen LogP contribution in [0.1, 0.15) is 27.4 Å². The van der Waals surface area contributed by atoms with Gasteiger partial charge >= 0.3 is 0 Å². The lowest BCUT2D eigenvalue weighted by atomic mass is 10.0. The van der Waals surface area contributed by atoms with Gasteiger partial charge in [-0.15, -0.1) is 22.7 Å². The van der Waals surface area contributed by atoms with Gasteiger partial charge in [0.25, 0.3) is 11.1 Å². The monoisotopic (exact) mass is 494 g/mol. The van der Waals surface area contributed by atoms with Gasteiger partial charge in [-0.3, -0.25) is 14.2 Å². The van der Waals surface area contributed by atoms with Crippen LogP contribution in [-0.2, 0) is 12.8 Å². The van der Waals surface area contributed by atoms with Gasteiger partial charge in [0.2, 0.25) is 0 Å². The highest BCUT2D eigenvalue weighted by Gasteiger charge is 2.17. The third-order valence-corrected chi connectivity index (χ3v) is 9.03. The molecule has 0 aliphatic rings. The first kappa shape index (κ1) is 22.1. The quantitative estimate of drug-likeness (QED) is 0.264. The molecule has 0 aliphatic carbocycles. The van der Waals surface area contributed by atoms with Crippen LogP contribution >= 0.6 is 34.4 Å². The van der Waals surface area contributed by atoms with Crippen molar-refractivity contribution in [3.05, 3.63) is 71.7 Å². The number of hydrogen-bond acceptors (Lipinski definition) is 7. The number of aromatic nitrogens is 4. The third kappa shape index (κ3) is 3.74. The molecular weight excluding hydrogens is 472 g/mol. The molecular formula is C24H22N4O2S3. The van der Waals surface area contributed by atoms with E-state index in [9.17, 15) is 9.59 Å². The molecule has 0 bridgehead atoms. The highest BCUT2D eigenvalue weighted by atomic mass is 32.2. The Bertz CT molecular complexity index is 1670. The maximum absolute atomic E-state index is 13.3. The van der Waals surface area contributed by atoms with E-state index in [0.717, 1.165) is 31.2 Å². The summed E-state index contributed by atoms with van der Waals surface area (Å²) < 4.78 is 1.58. The van der Waals surface area contributed by atoms with Crippen molar-refractivity contribution in [3.8, 4) is 11.1 Å². The second-order valence-electron chi connectivity index (χ2n) is 8.15. The lowest BCUT2D eigenvalue weighted by Crippen LogP contribution is -2.20. The number of hydrogen-bond donors (Lipinski definition) is 1. The molecule has 4 heterocycles. The van der Waals surface area contributed by atoms with Crippen molar-refractivity contribution in [2.45, 2.75) is 38.6 Å². The molecule has 4 aromatic heterocycles. The number of nitrogens with zero attached hydrogens (tertiary/aromatic N) is 3. The summed E-state index contributed by atoms with van der Waals surface area (Å²) >= 11 is 4.40. The van der Waals surface area contributed by atoms with Gasteiger partial charge in [-0.2, -0.15) is 0 Å². The number of aromatic amines is 1. The van der Waals surface area contributed by atoms with Gasteiger partial charge in [0.15, 0.2) is 5.16 Å². The van der Waals surface area contributed by atoms with E-state index in [4.69, 9.17) is 4.98 Å². The Hall–Kier alpha value is -2.75. The molecule has 0 saturated heterocycles. The van der Waals surface area contributed by atoms with E-state index in [1.54, 1.807) is 11.6 Å². The van der Waals surface area contributed by atoms with Crippen molar-refractivity contribution in [1.82, 2.24) is 19.5 Å². The number of benzene rings is 1. The number of H-pyrrole nitrogens is 1. The average Bonchev–Trinajstić information content (AvgIpc) is 3.32. The Labute approximate surface area is 202 Å². The summed E-state index contributed by atoms with van der Waals surface area (Å²) in [6.07, 6.45) is 0. The fourth-order valence-electron chi connectivity index (χ4n) is 3.80. The van der Waals surface area contributed by atoms with Crippen LogP contribution in [0.15, 0.2) is 38.3 Å². The zero-order chi connectivity index (χ0) is 23.4. The summed E-state index contributed by atoms with van der Waals surface area (Å²) in [5.74, 6) is 0.998. The summed E-state index contributed by atoms with van der Waals surface area (Å²) in [6, 6.07) is 6.25. The van der Waals surface area contributed by atoms with Crippen molar-refractivity contribution in [1.29, 1.82) is 0 Å². The van der Waals surface area contributed by atoms with E-state index in [1.807, 2.05) is 19.2 Å². The molecule has 33 heavy (non-hydrogen) atoms. The molecule has 0 aliphatic heterocycles. The van der Waals surface area contributed by atoms with Crippen molar-refractivity contribution < 1.29 is 0 Å². The predicted octanol–water partition coefficient (Wildman–Crippen LogP) is 5.49. The molecule has 0 atom stereocenters. The Kier molecular flexibility index (Phi) is 5.50. The molecule has 0 saturated carbocycles. The highest BCUT2D eigenvalue weighted by Crippen LogP contribution is 2.33. The molecule has 0 radical (unpaired) electrons. The summed E-state index contributed by atoms with van der Waals surface area (Å²) in [4.78, 5) is 40.7. The largest absolute Gasteiger partial charge is 0.309 e. The van der Waals surface area contributed by atoms with Crippen LogP contribution < -0.4 is 11.1 Å². The SMILES string of the molecule is Cc1ccc(-c2csc3nc(SCc4nc5sc(C)c(C)c5c(=O)[nH]4)n(C)c(=O)c23)cc1C. The first-order chi connectivity index (χ1) is 15.7. The van der Waals surface area contributed by atoms with Gasteiger partial charge in [0.05, 0.1) is 16.5 Å². The molecule has 0 fully saturated rings. The van der Waals surface area contributed by atoms with Crippen LogP contribution in [0.5, 0.6) is 0 Å². The van der Waals surface area contributed by atoms with E-state index in [2.05, 4.69) is 42.0 Å². The lowest BCUT2D eigenvalue weighted by Gasteiger charge is -2.08. The summed E-state index contributed by atoms with van der Waals surface area (Å²) in [7, 11) is 1.74. The Morgan fingerprint density at radius 2 is 1.82 bits per heavy atom. The predicted molar refractivity (Wildman–Crippen MR) is 139 cm³/mol. The number of aryl methyl sites for hydroxylation is 4. The fourth-order valence-corrected chi connectivity index (χ4v) is 6.68. The van der Waals surface area contributed by atoms with E-state index < -0.39 is 0 Å². The van der Waals surface area contributed by atoms with E-state index in [0.29, 0.717) is 27.5 Å². The van der Waals surface area contributed by atoms with E-state index in [1.165, 1.54) is 45.6 Å². The molecule has 1 aromatic carbocycles. The number of thioether (sulfide) groups is 1. The average molecular weight is 495 g/mol. The van der Waals surface area contributed by atoms with E-state index >= 15 is 0 Å². The smallest absolute Gasteiger partial charge is 0.263 e. The number of rotatable bonds is 4. The fraction of sp³-hybridized carbons (Fsp3) is 0.250. The first-order valence-electron chi connectivity index (χ1n) is 10.4. The third-order valence-electron chi connectivity index (χ3n) is 6.02. The molecule has 6 nitrogen and oxygen atoms in total. The molecule has 1 N–H and O–H groups in total. The van der Waals surface area contributed by atoms with Crippen molar-refractivity contribution in [2.24, 2.45) is 7.05 Å². The summed E-state index contributed by atoms with van der Waals surface area (Å²) in [5, 5.41) is 3.91. The number of thiophene rings is 2. The molecule has 0 spiro atoms. The zero-order valence-corrected chi connectivity index (χ0v) is 21.3. The molecule has 5 rings (SSSR count). The molecule has 0 unspecified atom stereocenters. The second-order valence-corrected chi connectivity index (χ2v) is 11.2. The summed E-state index contributed by atoms with van der Waals surface area (Å²) in [6.45, 7) is 8.10. The maximum atomic E-state index is 13.3. The van der Waals surface area contributed by atoms with Crippen LogP contribution in [0, 0.1) is 27.7 Å². The number of fused-ring (bicyclic) bond motifs is 2. The van der Waals surface area contributed by atoms with Crippen molar-refractivity contribution in [2.75, 3.05) is 0 Å². The van der Waals surface area contributed by atoms with E-state index in [-0.39, 0.29) is 11.1 Å². The highest BCUT2D eigenvalue weighted by molar-refractivity contribution is 7.98. The standard InChI is InChI=1S/C24H22N4O2S3/c1-11-6-7-15(8-12(11)2)16-9-31-21-19(16)23(30)28(5)24(27-21)32-10-17-25-20(29)18-13(3)14(4)33-22(18)26-17/h6-9H,10H2,1-5H3,(H,25,26,29). The minimum absolute atomic E-state index is 0.0709. The van der Waals surface area contributed by atoms with Crippen LogP contribution in [-0.4, -0.2) is 19.5 Å². The Balaban J connectivity index is 1.50. The molecule has 168 valence electrons. The minimum atomic E-state index is -0.119. The topological polar surface area (TPSA) is 80.6 Å².